The van der Waals surface area contributed by atoms with Crippen molar-refractivity contribution in [1.82, 2.24) is 0 Å². The smallest absolute Gasteiger partial charge is 0.231 e. The third-order valence-electron chi connectivity index (χ3n) is 4.49. The summed E-state index contributed by atoms with van der Waals surface area (Å²) in [5, 5.41) is 14.0. The molecule has 3 aliphatic heterocycles. The van der Waals surface area contributed by atoms with Crippen molar-refractivity contribution in [3.05, 3.63) is 18.2 Å². The van der Waals surface area contributed by atoms with Gasteiger partial charge in [-0.3, -0.25) is 4.79 Å². The predicted octanol–water partition coefficient (Wildman–Crippen LogP) is -0.103. The summed E-state index contributed by atoms with van der Waals surface area (Å²) in [4.78, 5) is 23.8. The van der Waals surface area contributed by atoms with Gasteiger partial charge in [-0.25, -0.2) is 0 Å². The maximum Gasteiger partial charge on any atom is 0.231 e. The number of aliphatic carboxylic acids is 1. The van der Waals surface area contributed by atoms with E-state index in [2.05, 4.69) is 5.32 Å². The molecule has 0 aromatic heterocycles. The molecule has 2 bridgehead atoms. The molecule has 7 heteroatoms. The number of rotatable bonds is 3. The van der Waals surface area contributed by atoms with Gasteiger partial charge < -0.3 is 29.4 Å². The molecule has 1 aromatic carbocycles. The van der Waals surface area contributed by atoms with Gasteiger partial charge in [0.2, 0.25) is 12.7 Å². The maximum atomic E-state index is 12.5. The van der Waals surface area contributed by atoms with E-state index in [1.807, 2.05) is 0 Å². The standard InChI is InChI=1S/C15H15NO6/c17-14(12-9-3-4-10(22-9)13(12)15(18)19)16-7-1-2-8-11(5-7)21-6-20-8/h1-2,5,9-10,12-13H,3-4,6H2,(H,16,17)(H,18,19)/p-1/t9-,10+,12-,13+/m1/s1. The van der Waals surface area contributed by atoms with Crippen molar-refractivity contribution in [2.75, 3.05) is 12.1 Å². The monoisotopic (exact) mass is 304 g/mol. The lowest BCUT2D eigenvalue weighted by molar-refractivity contribution is -0.313. The first-order valence-electron chi connectivity index (χ1n) is 7.20. The summed E-state index contributed by atoms with van der Waals surface area (Å²) < 4.78 is 16.0. The topological polar surface area (TPSA) is 96.9 Å². The van der Waals surface area contributed by atoms with Gasteiger partial charge in [-0.2, -0.15) is 0 Å². The van der Waals surface area contributed by atoms with Gasteiger partial charge in [0.05, 0.1) is 18.1 Å². The third-order valence-corrected chi connectivity index (χ3v) is 4.49. The number of carboxylic acid groups (broad SMARTS) is 1. The highest BCUT2D eigenvalue weighted by molar-refractivity contribution is 5.96. The van der Waals surface area contributed by atoms with Gasteiger partial charge in [-0.15, -0.1) is 0 Å². The Morgan fingerprint density at radius 2 is 1.82 bits per heavy atom. The van der Waals surface area contributed by atoms with Crippen LogP contribution in [0.25, 0.3) is 0 Å². The Bertz CT molecular complexity index is 645. The van der Waals surface area contributed by atoms with E-state index in [-0.39, 0.29) is 18.8 Å². The van der Waals surface area contributed by atoms with Crippen LogP contribution in [0.2, 0.25) is 0 Å². The zero-order valence-corrected chi connectivity index (χ0v) is 11.6. The number of ether oxygens (including phenoxy) is 3. The minimum atomic E-state index is -1.22. The Balaban J connectivity index is 1.53. The van der Waals surface area contributed by atoms with Crippen molar-refractivity contribution in [1.29, 1.82) is 0 Å². The minimum Gasteiger partial charge on any atom is -0.550 e. The number of hydrogen-bond acceptors (Lipinski definition) is 6. The van der Waals surface area contributed by atoms with Gasteiger partial charge in [-0.1, -0.05) is 0 Å². The highest BCUT2D eigenvalue weighted by Crippen LogP contribution is 2.44. The Hall–Kier alpha value is -2.28. The van der Waals surface area contributed by atoms with Crippen LogP contribution in [0, 0.1) is 11.8 Å². The lowest BCUT2D eigenvalue weighted by Crippen LogP contribution is -2.46. The average molecular weight is 304 g/mol. The van der Waals surface area contributed by atoms with Crippen LogP contribution in [-0.2, 0) is 14.3 Å². The van der Waals surface area contributed by atoms with Gasteiger partial charge in [0.1, 0.15) is 0 Å². The highest BCUT2D eigenvalue weighted by atomic mass is 16.7. The predicted molar refractivity (Wildman–Crippen MR) is 71.1 cm³/mol. The molecule has 2 fully saturated rings. The van der Waals surface area contributed by atoms with E-state index in [0.717, 1.165) is 0 Å². The zero-order chi connectivity index (χ0) is 15.3. The van der Waals surface area contributed by atoms with Crippen molar-refractivity contribution < 1.29 is 28.9 Å². The Kier molecular flexibility index (Phi) is 2.97. The molecule has 0 aliphatic carbocycles. The number of hydrogen-bond donors (Lipinski definition) is 1. The van der Waals surface area contributed by atoms with Crippen LogP contribution in [0.3, 0.4) is 0 Å². The van der Waals surface area contributed by atoms with E-state index in [9.17, 15) is 14.7 Å². The second kappa shape index (κ2) is 4.88. The van der Waals surface area contributed by atoms with Gasteiger partial charge >= 0.3 is 0 Å². The molecule has 1 aromatic rings. The third kappa shape index (κ3) is 2.00. The molecule has 0 unspecified atom stereocenters. The van der Waals surface area contributed by atoms with Crippen LogP contribution < -0.4 is 19.9 Å². The zero-order valence-electron chi connectivity index (χ0n) is 11.6. The van der Waals surface area contributed by atoms with Crippen LogP contribution in [0.15, 0.2) is 18.2 Å². The summed E-state index contributed by atoms with van der Waals surface area (Å²) in [6, 6.07) is 5.04. The summed E-state index contributed by atoms with van der Waals surface area (Å²) in [6.07, 6.45) is 0.606. The summed E-state index contributed by atoms with van der Waals surface area (Å²) in [5.41, 5.74) is 0.536. The quantitative estimate of drug-likeness (QED) is 0.837. The molecular formula is C15H14NO6-. The van der Waals surface area contributed by atoms with Gasteiger partial charge in [0.25, 0.3) is 0 Å². The molecule has 0 spiro atoms. The number of benzene rings is 1. The molecule has 4 atom stereocenters. The molecule has 116 valence electrons. The molecule has 7 nitrogen and oxygen atoms in total. The summed E-state index contributed by atoms with van der Waals surface area (Å²) in [7, 11) is 0. The van der Waals surface area contributed by atoms with Crippen molar-refractivity contribution in [2.24, 2.45) is 11.8 Å². The van der Waals surface area contributed by atoms with E-state index in [0.29, 0.717) is 30.0 Å². The number of carboxylic acids is 1. The van der Waals surface area contributed by atoms with E-state index in [1.54, 1.807) is 18.2 Å². The number of carbonyl (C=O) groups excluding carboxylic acids is 2. The van der Waals surface area contributed by atoms with E-state index in [4.69, 9.17) is 14.2 Å². The molecule has 0 radical (unpaired) electrons. The Morgan fingerprint density at radius 3 is 2.59 bits per heavy atom. The maximum absolute atomic E-state index is 12.5. The number of carbonyl (C=O) groups is 2. The number of amides is 1. The average Bonchev–Trinajstić information content (AvgIpc) is 3.20. The minimum absolute atomic E-state index is 0.152. The number of fused-ring (bicyclic) bond motifs is 3. The fourth-order valence-electron chi connectivity index (χ4n) is 3.51. The van der Waals surface area contributed by atoms with Crippen LogP contribution in [0.1, 0.15) is 12.8 Å². The molecule has 1 amide bonds. The van der Waals surface area contributed by atoms with Crippen LogP contribution in [-0.4, -0.2) is 30.9 Å². The molecule has 0 saturated carbocycles. The second-order valence-corrected chi connectivity index (χ2v) is 5.72. The van der Waals surface area contributed by atoms with Crippen LogP contribution >= 0.6 is 0 Å². The van der Waals surface area contributed by atoms with E-state index < -0.39 is 23.9 Å². The summed E-state index contributed by atoms with van der Waals surface area (Å²) in [6.45, 7) is 0.152. The lowest BCUT2D eigenvalue weighted by atomic mass is 9.78. The molecule has 3 heterocycles. The first-order chi connectivity index (χ1) is 10.6. The van der Waals surface area contributed by atoms with Crippen molar-refractivity contribution in [3.8, 4) is 11.5 Å². The summed E-state index contributed by atoms with van der Waals surface area (Å²) in [5.74, 6) is -2.01. The first kappa shape index (κ1) is 13.4. The molecule has 1 N–H and O–H groups in total. The molecule has 22 heavy (non-hydrogen) atoms. The second-order valence-electron chi connectivity index (χ2n) is 5.72. The molecule has 2 saturated heterocycles. The number of anilines is 1. The van der Waals surface area contributed by atoms with Gasteiger partial charge in [0.15, 0.2) is 11.5 Å². The largest absolute Gasteiger partial charge is 0.550 e. The van der Waals surface area contributed by atoms with Crippen LogP contribution in [0.4, 0.5) is 5.69 Å². The molecular weight excluding hydrogens is 290 g/mol. The normalized spacial score (nSPS) is 31.3. The van der Waals surface area contributed by atoms with E-state index in [1.165, 1.54) is 0 Å². The Labute approximate surface area is 126 Å². The van der Waals surface area contributed by atoms with Gasteiger partial charge in [0, 0.05) is 23.6 Å². The van der Waals surface area contributed by atoms with Crippen molar-refractivity contribution >= 4 is 17.6 Å². The molecule has 3 aliphatic rings. The number of nitrogens with one attached hydrogen (secondary N) is 1. The van der Waals surface area contributed by atoms with Gasteiger partial charge in [-0.05, 0) is 25.0 Å². The fraction of sp³-hybridized carbons (Fsp3) is 0.467. The van der Waals surface area contributed by atoms with E-state index >= 15 is 0 Å². The molecule has 4 rings (SSSR count). The fourth-order valence-corrected chi connectivity index (χ4v) is 3.51. The highest BCUT2D eigenvalue weighted by Gasteiger charge is 2.52. The summed E-state index contributed by atoms with van der Waals surface area (Å²) >= 11 is 0. The first-order valence-corrected chi connectivity index (χ1v) is 7.20. The van der Waals surface area contributed by atoms with Crippen molar-refractivity contribution in [2.45, 2.75) is 25.0 Å². The lowest BCUT2D eigenvalue weighted by Gasteiger charge is -2.27. The SMILES string of the molecule is O=C([O-])[C@@H]1[C@H](C(=O)Nc2ccc3c(c2)OCO3)[C@H]2CC[C@@H]1O2. The van der Waals surface area contributed by atoms with Crippen LogP contribution in [0.5, 0.6) is 11.5 Å². The van der Waals surface area contributed by atoms with Crippen molar-refractivity contribution in [3.63, 3.8) is 0 Å². The Morgan fingerprint density at radius 1 is 1.09 bits per heavy atom.